The van der Waals surface area contributed by atoms with E-state index in [1.54, 1.807) is 7.11 Å². The highest BCUT2D eigenvalue weighted by Crippen LogP contribution is 2.45. The number of fused-ring (bicyclic) bond motifs is 4. The molecule has 0 radical (unpaired) electrons. The van der Waals surface area contributed by atoms with Gasteiger partial charge in [0.25, 0.3) is 0 Å². The lowest BCUT2D eigenvalue weighted by Crippen LogP contribution is -2.30. The van der Waals surface area contributed by atoms with Crippen molar-refractivity contribution in [3.05, 3.63) is 62.8 Å². The van der Waals surface area contributed by atoms with Crippen molar-refractivity contribution in [2.45, 2.75) is 32.6 Å². The van der Waals surface area contributed by atoms with Crippen molar-refractivity contribution >= 4 is 32.6 Å². The summed E-state index contributed by atoms with van der Waals surface area (Å²) in [6.45, 7) is 6.40. The van der Waals surface area contributed by atoms with Crippen LogP contribution in [-0.4, -0.2) is 17.9 Å². The predicted octanol–water partition coefficient (Wildman–Crippen LogP) is 5.37. The highest BCUT2D eigenvalue weighted by Gasteiger charge is 2.40. The van der Waals surface area contributed by atoms with Gasteiger partial charge in [0.15, 0.2) is 5.78 Å². The van der Waals surface area contributed by atoms with Gasteiger partial charge in [-0.15, -0.1) is 0 Å². The molecule has 1 aliphatic carbocycles. The Morgan fingerprint density at radius 2 is 1.96 bits per heavy atom. The molecule has 0 amide bonds. The molecule has 0 spiro atoms. The second-order valence-corrected chi connectivity index (χ2v) is 8.00. The largest absolute Gasteiger partial charge is 0.496 e. The molecule has 1 aliphatic rings. The monoisotopic (exact) mass is 397 g/mol. The molecule has 2 aromatic carbocycles. The number of ether oxygens (including phenoxy) is 1. The van der Waals surface area contributed by atoms with Crippen LogP contribution in [0.2, 0.25) is 0 Å². The fraction of sp³-hybridized carbons (Fsp3) is 0.286. The molecule has 0 unspecified atom stereocenters. The smallest absolute Gasteiger partial charge is 0.195 e. The van der Waals surface area contributed by atoms with E-state index in [1.807, 2.05) is 30.3 Å². The first-order valence-electron chi connectivity index (χ1n) is 8.46. The zero-order chi connectivity index (χ0) is 17.9. The van der Waals surface area contributed by atoms with E-state index in [-0.39, 0.29) is 11.2 Å². The topological polar surface area (TPSA) is 42.1 Å². The average Bonchev–Trinajstić information content (AvgIpc) is 2.98. The maximum atomic E-state index is 13.4. The fourth-order valence-electron chi connectivity index (χ4n) is 3.94. The van der Waals surface area contributed by atoms with Crippen molar-refractivity contribution in [3.8, 4) is 5.75 Å². The van der Waals surface area contributed by atoms with Crippen molar-refractivity contribution in [2.24, 2.45) is 0 Å². The lowest BCUT2D eigenvalue weighted by Gasteiger charge is -2.33. The maximum Gasteiger partial charge on any atom is 0.195 e. The lowest BCUT2D eigenvalue weighted by molar-refractivity contribution is 0.103. The van der Waals surface area contributed by atoms with Crippen molar-refractivity contribution in [2.75, 3.05) is 7.11 Å². The molecule has 1 N–H and O–H groups in total. The molecular formula is C21H20BrNO2. The van der Waals surface area contributed by atoms with Gasteiger partial charge < -0.3 is 9.72 Å². The van der Waals surface area contributed by atoms with E-state index in [9.17, 15) is 4.79 Å². The van der Waals surface area contributed by atoms with Crippen LogP contribution in [0.25, 0.3) is 10.9 Å². The number of ketones is 1. The van der Waals surface area contributed by atoms with Gasteiger partial charge in [0.1, 0.15) is 5.75 Å². The highest BCUT2D eigenvalue weighted by molar-refractivity contribution is 9.10. The third-order valence-electron chi connectivity index (χ3n) is 5.33. The number of carbonyl (C=O) groups is 1. The quantitative estimate of drug-likeness (QED) is 0.631. The molecular weight excluding hydrogens is 378 g/mol. The molecule has 3 nitrogen and oxygen atoms in total. The minimum absolute atomic E-state index is 0.0928. The molecule has 4 rings (SSSR count). The summed E-state index contributed by atoms with van der Waals surface area (Å²) in [6.07, 6.45) is 0.831. The number of halogens is 1. The average molecular weight is 398 g/mol. The van der Waals surface area contributed by atoms with Crippen LogP contribution in [0.15, 0.2) is 34.8 Å². The summed E-state index contributed by atoms with van der Waals surface area (Å²) in [5.41, 5.74) is 5.33. The number of hydrogen-bond acceptors (Lipinski definition) is 2. The van der Waals surface area contributed by atoms with Gasteiger partial charge in [-0.3, -0.25) is 4.79 Å². The number of methoxy groups -OCH3 is 1. The maximum absolute atomic E-state index is 13.4. The highest BCUT2D eigenvalue weighted by atomic mass is 79.9. The van der Waals surface area contributed by atoms with E-state index in [0.717, 1.165) is 55.5 Å². The molecule has 1 heterocycles. The summed E-state index contributed by atoms with van der Waals surface area (Å²) < 4.78 is 6.56. The number of H-pyrrole nitrogens is 1. The minimum Gasteiger partial charge on any atom is -0.496 e. The van der Waals surface area contributed by atoms with Gasteiger partial charge in [-0.05, 0) is 41.8 Å². The van der Waals surface area contributed by atoms with E-state index >= 15 is 0 Å². The normalized spacial score (nSPS) is 15.2. The molecule has 0 aliphatic heterocycles. The van der Waals surface area contributed by atoms with E-state index in [0.29, 0.717) is 0 Å². The van der Waals surface area contributed by atoms with Gasteiger partial charge in [-0.1, -0.05) is 42.8 Å². The summed E-state index contributed by atoms with van der Waals surface area (Å²) in [6, 6.07) is 10.1. The van der Waals surface area contributed by atoms with Gasteiger partial charge in [-0.25, -0.2) is 0 Å². The molecule has 4 heteroatoms. The van der Waals surface area contributed by atoms with Crippen LogP contribution >= 0.6 is 15.9 Å². The van der Waals surface area contributed by atoms with Crippen molar-refractivity contribution in [1.82, 2.24) is 4.98 Å². The van der Waals surface area contributed by atoms with Crippen LogP contribution < -0.4 is 4.74 Å². The first kappa shape index (κ1) is 16.4. The summed E-state index contributed by atoms with van der Waals surface area (Å²) in [5, 5.41) is 0.982. The molecule has 3 aromatic rings. The number of carbonyl (C=O) groups excluding carboxylic acids is 1. The van der Waals surface area contributed by atoms with Gasteiger partial charge in [-0.2, -0.15) is 0 Å². The second kappa shape index (κ2) is 5.46. The summed E-state index contributed by atoms with van der Waals surface area (Å²) in [7, 11) is 1.68. The Balaban J connectivity index is 2.07. The molecule has 128 valence electrons. The lowest BCUT2D eigenvalue weighted by atomic mass is 9.70. The van der Waals surface area contributed by atoms with E-state index in [4.69, 9.17) is 4.74 Å². The molecule has 0 saturated heterocycles. The van der Waals surface area contributed by atoms with Crippen LogP contribution in [0.3, 0.4) is 0 Å². The van der Waals surface area contributed by atoms with Crippen molar-refractivity contribution < 1.29 is 9.53 Å². The molecule has 0 atom stereocenters. The summed E-state index contributed by atoms with van der Waals surface area (Å²) in [5.74, 6) is 0.944. The van der Waals surface area contributed by atoms with Crippen LogP contribution in [0.4, 0.5) is 0 Å². The Labute approximate surface area is 155 Å². The van der Waals surface area contributed by atoms with Gasteiger partial charge in [0.2, 0.25) is 0 Å². The molecule has 0 saturated carbocycles. The number of aromatic nitrogens is 1. The Kier molecular flexibility index (Phi) is 3.58. The number of aryl methyl sites for hydroxylation is 1. The Morgan fingerprint density at radius 3 is 2.64 bits per heavy atom. The Bertz CT molecular complexity index is 1030. The van der Waals surface area contributed by atoms with Crippen molar-refractivity contribution in [1.29, 1.82) is 0 Å². The zero-order valence-corrected chi connectivity index (χ0v) is 16.4. The molecule has 1 aromatic heterocycles. The first-order valence-corrected chi connectivity index (χ1v) is 9.25. The number of benzene rings is 2. The number of rotatable bonds is 2. The minimum atomic E-state index is -0.302. The van der Waals surface area contributed by atoms with Gasteiger partial charge in [0.05, 0.1) is 12.7 Å². The van der Waals surface area contributed by atoms with Gasteiger partial charge >= 0.3 is 0 Å². The standard InChI is InChI=1S/C21H20BrNO2/c1-5-11-8-14-15(10-17(11)25-4)21(2,3)20-18(19(14)24)13-7-6-12(22)9-16(13)23-20/h6-10,23H,5H2,1-4H3. The van der Waals surface area contributed by atoms with Crippen LogP contribution in [0.1, 0.15) is 53.5 Å². The van der Waals surface area contributed by atoms with Crippen LogP contribution in [0.5, 0.6) is 5.75 Å². The van der Waals surface area contributed by atoms with E-state index < -0.39 is 0 Å². The Morgan fingerprint density at radius 1 is 1.20 bits per heavy atom. The Hall–Kier alpha value is -2.07. The number of hydrogen-bond donors (Lipinski definition) is 1. The van der Waals surface area contributed by atoms with E-state index in [2.05, 4.69) is 41.7 Å². The number of nitrogens with one attached hydrogen (secondary N) is 1. The predicted molar refractivity (Wildman–Crippen MR) is 104 cm³/mol. The zero-order valence-electron chi connectivity index (χ0n) is 14.8. The molecule has 25 heavy (non-hydrogen) atoms. The second-order valence-electron chi connectivity index (χ2n) is 7.08. The van der Waals surface area contributed by atoms with Gasteiger partial charge in [0, 0.05) is 32.0 Å². The van der Waals surface area contributed by atoms with Crippen LogP contribution in [-0.2, 0) is 11.8 Å². The molecule has 0 fully saturated rings. The molecule has 0 bridgehead atoms. The summed E-state index contributed by atoms with van der Waals surface area (Å²) in [4.78, 5) is 16.8. The van der Waals surface area contributed by atoms with E-state index in [1.165, 1.54) is 0 Å². The first-order chi connectivity index (χ1) is 11.9. The SMILES string of the molecule is CCc1cc2c(cc1OC)C(C)(C)c1[nH]c3cc(Br)ccc3c1C2=O. The summed E-state index contributed by atoms with van der Waals surface area (Å²) >= 11 is 3.51. The number of aromatic amines is 1. The third kappa shape index (κ3) is 2.20. The third-order valence-corrected chi connectivity index (χ3v) is 5.83. The van der Waals surface area contributed by atoms with Crippen LogP contribution in [0, 0.1) is 0 Å². The van der Waals surface area contributed by atoms with Crippen molar-refractivity contribution in [3.63, 3.8) is 0 Å². The fourth-order valence-corrected chi connectivity index (χ4v) is 4.30.